The minimum Gasteiger partial charge on any atom is -0.390 e. The highest BCUT2D eigenvalue weighted by atomic mass is 32.1. The van der Waals surface area contributed by atoms with Crippen LogP contribution in [0.1, 0.15) is 10.4 Å². The summed E-state index contributed by atoms with van der Waals surface area (Å²) in [6.07, 6.45) is 3.35. The summed E-state index contributed by atoms with van der Waals surface area (Å²) in [7, 11) is 0. The largest absolute Gasteiger partial charge is 0.390 e. The van der Waals surface area contributed by atoms with Gasteiger partial charge in [-0.05, 0) is 19.4 Å². The van der Waals surface area contributed by atoms with Crippen LogP contribution in [0.3, 0.4) is 0 Å². The van der Waals surface area contributed by atoms with Crippen molar-refractivity contribution in [2.24, 2.45) is 0 Å². The lowest BCUT2D eigenvalue weighted by molar-refractivity contribution is 0.432. The van der Waals surface area contributed by atoms with E-state index in [4.69, 9.17) is 10.3 Å². The number of nitrogens with zero attached hydrogens (tertiary/aromatic N) is 3. The zero-order valence-corrected chi connectivity index (χ0v) is 10.7. The standard InChI is InChI=1S/C11H11N5OS/c1-5-6(2)18-8(12)7(5)11-15-10(16-17-11)9-13-3-4-14-9/h3-4H,12H2,1-2H3,(H,13,14). The molecule has 0 atom stereocenters. The summed E-state index contributed by atoms with van der Waals surface area (Å²) in [4.78, 5) is 12.5. The fourth-order valence-electron chi connectivity index (χ4n) is 1.73. The highest BCUT2D eigenvalue weighted by molar-refractivity contribution is 7.16. The van der Waals surface area contributed by atoms with E-state index in [2.05, 4.69) is 20.1 Å². The number of H-pyrrole nitrogens is 1. The SMILES string of the molecule is Cc1sc(N)c(-c2nc(-c3ncc[nH]3)no2)c1C. The third-order valence-electron chi connectivity index (χ3n) is 2.76. The molecule has 0 aromatic carbocycles. The second-order valence-corrected chi connectivity index (χ2v) is 5.14. The molecule has 6 nitrogen and oxygen atoms in total. The maximum Gasteiger partial charge on any atom is 0.261 e. The molecule has 3 N–H and O–H groups in total. The van der Waals surface area contributed by atoms with Gasteiger partial charge in [0.1, 0.15) is 0 Å². The fourth-order valence-corrected chi connectivity index (χ4v) is 2.66. The van der Waals surface area contributed by atoms with E-state index in [1.807, 2.05) is 13.8 Å². The molecule has 0 unspecified atom stereocenters. The van der Waals surface area contributed by atoms with Crippen LogP contribution in [-0.4, -0.2) is 20.1 Å². The molecule has 0 amide bonds. The van der Waals surface area contributed by atoms with Gasteiger partial charge in [-0.1, -0.05) is 5.16 Å². The summed E-state index contributed by atoms with van der Waals surface area (Å²) in [5.41, 5.74) is 7.87. The van der Waals surface area contributed by atoms with Gasteiger partial charge in [-0.2, -0.15) is 4.98 Å². The smallest absolute Gasteiger partial charge is 0.261 e. The first-order chi connectivity index (χ1) is 8.66. The molecule has 0 bridgehead atoms. The molecule has 18 heavy (non-hydrogen) atoms. The van der Waals surface area contributed by atoms with Crippen molar-refractivity contribution in [3.05, 3.63) is 22.8 Å². The Morgan fingerprint density at radius 1 is 1.39 bits per heavy atom. The maximum absolute atomic E-state index is 5.97. The van der Waals surface area contributed by atoms with Crippen molar-refractivity contribution in [2.45, 2.75) is 13.8 Å². The van der Waals surface area contributed by atoms with Crippen LogP contribution in [-0.2, 0) is 0 Å². The number of hydrogen-bond acceptors (Lipinski definition) is 6. The Hall–Kier alpha value is -2.15. The number of rotatable bonds is 2. The van der Waals surface area contributed by atoms with E-state index in [-0.39, 0.29) is 0 Å². The first-order valence-corrected chi connectivity index (χ1v) is 6.17. The van der Waals surface area contributed by atoms with Crippen LogP contribution in [0.5, 0.6) is 0 Å². The van der Waals surface area contributed by atoms with Gasteiger partial charge in [-0.3, -0.25) is 0 Å². The van der Waals surface area contributed by atoms with Crippen molar-refractivity contribution >= 4 is 16.3 Å². The molecule has 7 heteroatoms. The first kappa shape index (κ1) is 11.0. The second kappa shape index (κ2) is 3.95. The summed E-state index contributed by atoms with van der Waals surface area (Å²) >= 11 is 1.52. The minimum absolute atomic E-state index is 0.428. The quantitative estimate of drug-likeness (QED) is 0.738. The van der Waals surface area contributed by atoms with Gasteiger partial charge in [0.15, 0.2) is 5.82 Å². The van der Waals surface area contributed by atoms with Crippen molar-refractivity contribution in [3.63, 3.8) is 0 Å². The van der Waals surface area contributed by atoms with Gasteiger partial charge >= 0.3 is 0 Å². The molecule has 3 aromatic rings. The van der Waals surface area contributed by atoms with Crippen LogP contribution in [0.4, 0.5) is 5.00 Å². The molecule has 92 valence electrons. The van der Waals surface area contributed by atoms with Crippen molar-refractivity contribution < 1.29 is 4.52 Å². The maximum atomic E-state index is 5.97. The van der Waals surface area contributed by atoms with Crippen LogP contribution in [0.25, 0.3) is 23.1 Å². The second-order valence-electron chi connectivity index (χ2n) is 3.88. The number of imidazole rings is 1. The fraction of sp³-hybridized carbons (Fsp3) is 0.182. The van der Waals surface area contributed by atoms with E-state index in [0.717, 1.165) is 16.0 Å². The molecular weight excluding hydrogens is 250 g/mol. The van der Waals surface area contributed by atoms with Gasteiger partial charge in [0, 0.05) is 17.3 Å². The van der Waals surface area contributed by atoms with E-state index in [1.165, 1.54) is 11.3 Å². The number of hydrogen-bond donors (Lipinski definition) is 2. The van der Waals surface area contributed by atoms with Gasteiger partial charge in [-0.25, -0.2) is 4.98 Å². The topological polar surface area (TPSA) is 93.6 Å². The minimum atomic E-state index is 0.428. The number of anilines is 1. The number of aromatic amines is 1. The Kier molecular flexibility index (Phi) is 2.41. The average Bonchev–Trinajstić information content (AvgIpc) is 3.01. The van der Waals surface area contributed by atoms with Crippen LogP contribution in [0, 0.1) is 13.8 Å². The Balaban J connectivity index is 2.08. The Morgan fingerprint density at radius 2 is 2.22 bits per heavy atom. The van der Waals surface area contributed by atoms with Gasteiger partial charge in [-0.15, -0.1) is 11.3 Å². The Bertz CT molecular complexity index is 682. The van der Waals surface area contributed by atoms with Crippen molar-refractivity contribution in [1.82, 2.24) is 20.1 Å². The van der Waals surface area contributed by atoms with Crippen molar-refractivity contribution in [3.8, 4) is 23.1 Å². The molecule has 3 heterocycles. The van der Waals surface area contributed by atoms with Crippen LogP contribution in [0.15, 0.2) is 16.9 Å². The highest BCUT2D eigenvalue weighted by Crippen LogP contribution is 2.37. The van der Waals surface area contributed by atoms with Gasteiger partial charge in [0.25, 0.3) is 5.89 Å². The van der Waals surface area contributed by atoms with Gasteiger partial charge < -0.3 is 15.2 Å². The molecule has 3 aromatic heterocycles. The number of nitrogen functional groups attached to an aromatic ring is 1. The molecule has 0 aliphatic carbocycles. The summed E-state index contributed by atoms with van der Waals surface area (Å²) < 4.78 is 5.26. The molecular formula is C11H11N5OS. The first-order valence-electron chi connectivity index (χ1n) is 5.36. The van der Waals surface area contributed by atoms with Crippen LogP contribution < -0.4 is 5.73 Å². The normalized spacial score (nSPS) is 11.0. The number of aromatic nitrogens is 4. The summed E-state index contributed by atoms with van der Waals surface area (Å²) in [6.45, 7) is 4.01. The number of aryl methyl sites for hydroxylation is 1. The molecule has 0 fully saturated rings. The van der Waals surface area contributed by atoms with E-state index in [0.29, 0.717) is 22.5 Å². The van der Waals surface area contributed by atoms with Crippen molar-refractivity contribution in [1.29, 1.82) is 0 Å². The molecule has 0 spiro atoms. The lowest BCUT2D eigenvalue weighted by Crippen LogP contribution is -1.87. The summed E-state index contributed by atoms with van der Waals surface area (Å²) in [6, 6.07) is 0. The van der Waals surface area contributed by atoms with Gasteiger partial charge in [0.2, 0.25) is 5.82 Å². The highest BCUT2D eigenvalue weighted by Gasteiger charge is 2.19. The zero-order chi connectivity index (χ0) is 12.7. The van der Waals surface area contributed by atoms with E-state index < -0.39 is 0 Å². The lowest BCUT2D eigenvalue weighted by Gasteiger charge is -1.94. The van der Waals surface area contributed by atoms with Crippen molar-refractivity contribution in [2.75, 3.05) is 5.73 Å². The Morgan fingerprint density at radius 3 is 2.83 bits per heavy atom. The molecule has 0 aliphatic heterocycles. The predicted octanol–water partition coefficient (Wildman–Crippen LogP) is 2.39. The molecule has 0 aliphatic rings. The number of nitrogens with two attached hydrogens (primary N) is 1. The van der Waals surface area contributed by atoms with Gasteiger partial charge in [0.05, 0.1) is 10.6 Å². The summed E-state index contributed by atoms with van der Waals surface area (Å²) in [5, 5.41) is 4.59. The Labute approximate surface area is 107 Å². The monoisotopic (exact) mass is 261 g/mol. The van der Waals surface area contributed by atoms with Crippen LogP contribution >= 0.6 is 11.3 Å². The van der Waals surface area contributed by atoms with E-state index in [9.17, 15) is 0 Å². The third-order valence-corrected chi connectivity index (χ3v) is 3.80. The van der Waals surface area contributed by atoms with Crippen LogP contribution in [0.2, 0.25) is 0 Å². The molecule has 0 saturated heterocycles. The number of nitrogens with one attached hydrogen (secondary N) is 1. The third kappa shape index (κ3) is 1.60. The van der Waals surface area contributed by atoms with E-state index >= 15 is 0 Å². The number of thiophene rings is 1. The van der Waals surface area contributed by atoms with E-state index in [1.54, 1.807) is 12.4 Å². The average molecular weight is 261 g/mol. The lowest BCUT2D eigenvalue weighted by atomic mass is 10.1. The molecule has 3 rings (SSSR count). The molecule has 0 radical (unpaired) electrons. The predicted molar refractivity (Wildman–Crippen MR) is 69.1 cm³/mol. The zero-order valence-electron chi connectivity index (χ0n) is 9.89. The summed E-state index contributed by atoms with van der Waals surface area (Å²) in [5.74, 6) is 1.44. The molecule has 0 saturated carbocycles.